The number of hydrogen-bond acceptors (Lipinski definition) is 0. The largest absolute Gasteiger partial charge is 0.103 e. The molecule has 0 fully saturated rings. The summed E-state index contributed by atoms with van der Waals surface area (Å²) < 4.78 is 0. The average molecular weight is 255 g/mol. The molecular formula is C14H30Si2. The summed E-state index contributed by atoms with van der Waals surface area (Å²) in [4.78, 5) is 0. The Balaban J connectivity index is 4.90. The molecule has 0 rings (SSSR count). The maximum absolute atomic E-state index is 3.60. The van der Waals surface area contributed by atoms with E-state index in [0.29, 0.717) is 5.54 Å². The predicted octanol–water partition coefficient (Wildman–Crippen LogP) is 5.08. The average Bonchev–Trinajstić information content (AvgIpc) is 1.91. The second kappa shape index (κ2) is 5.10. The van der Waals surface area contributed by atoms with Crippen LogP contribution in [0, 0.1) is 17.3 Å². The van der Waals surface area contributed by atoms with Crippen molar-refractivity contribution in [3.63, 3.8) is 0 Å². The Hall–Kier alpha value is -0.00623. The molecule has 0 spiro atoms. The lowest BCUT2D eigenvalue weighted by atomic mass is 9.98. The molecule has 0 aliphatic rings. The van der Waals surface area contributed by atoms with Crippen molar-refractivity contribution in [1.29, 1.82) is 0 Å². The third-order valence-corrected chi connectivity index (χ3v) is 6.96. The Morgan fingerprint density at radius 2 is 1.38 bits per heavy atom. The predicted molar refractivity (Wildman–Crippen MR) is 82.5 cm³/mol. The summed E-state index contributed by atoms with van der Waals surface area (Å²) >= 11 is 0. The van der Waals surface area contributed by atoms with Crippen molar-refractivity contribution >= 4 is 16.1 Å². The minimum absolute atomic E-state index is 0.150. The molecule has 0 radical (unpaired) electrons. The summed E-state index contributed by atoms with van der Waals surface area (Å²) in [6, 6.07) is 1.37. The Kier molecular flexibility index (Phi) is 5.10. The van der Waals surface area contributed by atoms with Gasteiger partial charge in [0.1, 0.15) is 0 Å². The first kappa shape index (κ1) is 16.0. The molecule has 0 aromatic carbocycles. The van der Waals surface area contributed by atoms with Crippen LogP contribution in [0.5, 0.6) is 0 Å². The third kappa shape index (κ3) is 8.18. The lowest BCUT2D eigenvalue weighted by Gasteiger charge is -2.30. The molecule has 0 saturated carbocycles. The summed E-state index contributed by atoms with van der Waals surface area (Å²) in [7, 11) is -2.13. The van der Waals surface area contributed by atoms with Gasteiger partial charge in [-0.3, -0.25) is 0 Å². The van der Waals surface area contributed by atoms with Gasteiger partial charge in [-0.1, -0.05) is 45.2 Å². The molecule has 0 saturated heterocycles. The molecule has 2 heteroatoms. The Labute approximate surface area is 105 Å². The molecule has 1 atom stereocenters. The highest BCUT2D eigenvalue weighted by Crippen LogP contribution is 2.31. The van der Waals surface area contributed by atoms with E-state index in [0.717, 1.165) is 0 Å². The van der Waals surface area contributed by atoms with Gasteiger partial charge in [0.25, 0.3) is 0 Å². The summed E-state index contributed by atoms with van der Waals surface area (Å²) in [6.45, 7) is 21.3. The molecule has 0 aliphatic carbocycles. The zero-order valence-corrected chi connectivity index (χ0v) is 14.8. The van der Waals surface area contributed by atoms with Crippen LogP contribution in [-0.4, -0.2) is 16.1 Å². The van der Waals surface area contributed by atoms with Crippen molar-refractivity contribution < 1.29 is 0 Å². The van der Waals surface area contributed by atoms with Crippen LogP contribution in [0.15, 0.2) is 0 Å². The Bertz CT molecular complexity index is 273. The van der Waals surface area contributed by atoms with Gasteiger partial charge in [0.15, 0.2) is 0 Å². The van der Waals surface area contributed by atoms with Crippen molar-refractivity contribution in [2.24, 2.45) is 5.41 Å². The van der Waals surface area contributed by atoms with E-state index in [1.807, 2.05) is 0 Å². The van der Waals surface area contributed by atoms with E-state index >= 15 is 0 Å². The van der Waals surface area contributed by atoms with Crippen LogP contribution < -0.4 is 0 Å². The molecule has 1 unspecified atom stereocenters. The van der Waals surface area contributed by atoms with E-state index in [9.17, 15) is 0 Å². The van der Waals surface area contributed by atoms with Gasteiger partial charge in [-0.15, -0.1) is 5.92 Å². The smallest absolute Gasteiger partial charge is 0.0609 e. The second-order valence-corrected chi connectivity index (χ2v) is 19.2. The van der Waals surface area contributed by atoms with Crippen LogP contribution in [0.4, 0.5) is 0 Å². The summed E-state index contributed by atoms with van der Waals surface area (Å²) in [5, 5.41) is 0. The second-order valence-electron chi connectivity index (χ2n) is 8.20. The molecule has 0 heterocycles. The third-order valence-electron chi connectivity index (χ3n) is 2.48. The van der Waals surface area contributed by atoms with E-state index in [1.165, 1.54) is 6.04 Å². The van der Waals surface area contributed by atoms with E-state index < -0.39 is 16.1 Å². The molecule has 16 heavy (non-hydrogen) atoms. The zero-order chi connectivity index (χ0) is 13.2. The zero-order valence-electron chi connectivity index (χ0n) is 12.8. The van der Waals surface area contributed by atoms with Gasteiger partial charge in [-0.25, -0.2) is 0 Å². The summed E-state index contributed by atoms with van der Waals surface area (Å²) in [6.07, 6.45) is 0. The molecule has 0 nitrogen and oxygen atoms in total. The lowest BCUT2D eigenvalue weighted by Crippen LogP contribution is -2.33. The van der Waals surface area contributed by atoms with E-state index in [2.05, 4.69) is 71.9 Å². The molecule has 0 aromatic rings. The molecule has 0 aromatic heterocycles. The SMILES string of the molecule is CC(C)(C)C#CC(C[Si](C)(C)C)[Si](C)(C)C. The van der Waals surface area contributed by atoms with Gasteiger partial charge < -0.3 is 0 Å². The van der Waals surface area contributed by atoms with E-state index in [-0.39, 0.29) is 5.41 Å². The topological polar surface area (TPSA) is 0 Å². The van der Waals surface area contributed by atoms with E-state index in [4.69, 9.17) is 0 Å². The van der Waals surface area contributed by atoms with Crippen LogP contribution in [-0.2, 0) is 0 Å². The van der Waals surface area contributed by atoms with Crippen LogP contribution in [0.25, 0.3) is 0 Å². The van der Waals surface area contributed by atoms with Crippen LogP contribution in [0.2, 0.25) is 50.9 Å². The summed E-state index contributed by atoms with van der Waals surface area (Å²) in [5.41, 5.74) is 0.829. The number of rotatable bonds is 3. The highest BCUT2D eigenvalue weighted by molar-refractivity contribution is 6.83. The van der Waals surface area contributed by atoms with Crippen LogP contribution in [0.3, 0.4) is 0 Å². The normalized spacial score (nSPS) is 15.3. The van der Waals surface area contributed by atoms with Gasteiger partial charge >= 0.3 is 0 Å². The van der Waals surface area contributed by atoms with Gasteiger partial charge in [0.05, 0.1) is 8.07 Å². The van der Waals surface area contributed by atoms with E-state index in [1.54, 1.807) is 0 Å². The van der Waals surface area contributed by atoms with Crippen molar-refractivity contribution in [3.05, 3.63) is 0 Å². The summed E-state index contributed by atoms with van der Waals surface area (Å²) in [5.74, 6) is 7.06. The highest BCUT2D eigenvalue weighted by Gasteiger charge is 2.30. The van der Waals surface area contributed by atoms with Crippen LogP contribution >= 0.6 is 0 Å². The van der Waals surface area contributed by atoms with Crippen LogP contribution in [0.1, 0.15) is 20.8 Å². The Morgan fingerprint density at radius 1 is 0.938 bits per heavy atom. The monoisotopic (exact) mass is 254 g/mol. The van der Waals surface area contributed by atoms with Gasteiger partial charge in [-0.05, 0) is 26.8 Å². The highest BCUT2D eigenvalue weighted by atomic mass is 28.3. The van der Waals surface area contributed by atoms with Gasteiger partial charge in [0, 0.05) is 19.0 Å². The fraction of sp³-hybridized carbons (Fsp3) is 0.857. The number of hydrogen-bond donors (Lipinski definition) is 0. The maximum Gasteiger partial charge on any atom is 0.0609 e. The fourth-order valence-electron chi connectivity index (χ4n) is 1.49. The molecule has 0 amide bonds. The first-order chi connectivity index (χ1) is 6.81. The lowest BCUT2D eigenvalue weighted by molar-refractivity contribution is 0.570. The van der Waals surface area contributed by atoms with Crippen molar-refractivity contribution in [2.75, 3.05) is 0 Å². The molecular weight excluding hydrogens is 224 g/mol. The maximum atomic E-state index is 3.60. The standard InChI is InChI=1S/C14H30Si2/c1-14(2,3)11-10-13(16(7,8)9)12-15(4,5)6/h13H,12H2,1-9H3. The van der Waals surface area contributed by atoms with Gasteiger partial charge in [0.2, 0.25) is 0 Å². The molecule has 0 aliphatic heterocycles. The van der Waals surface area contributed by atoms with Crippen molar-refractivity contribution in [3.8, 4) is 11.8 Å². The minimum Gasteiger partial charge on any atom is -0.103 e. The van der Waals surface area contributed by atoms with Crippen molar-refractivity contribution in [2.45, 2.75) is 71.6 Å². The van der Waals surface area contributed by atoms with Gasteiger partial charge in [-0.2, -0.15) is 0 Å². The molecule has 0 N–H and O–H groups in total. The Morgan fingerprint density at radius 3 is 1.62 bits per heavy atom. The first-order valence-corrected chi connectivity index (χ1v) is 13.6. The fourth-order valence-corrected chi connectivity index (χ4v) is 7.61. The first-order valence-electron chi connectivity index (χ1n) is 6.34. The van der Waals surface area contributed by atoms with Crippen molar-refractivity contribution in [1.82, 2.24) is 0 Å². The quantitative estimate of drug-likeness (QED) is 0.486. The minimum atomic E-state index is -1.14. The molecule has 94 valence electrons. The molecule has 0 bridgehead atoms.